The van der Waals surface area contributed by atoms with Gasteiger partial charge < -0.3 is 10.4 Å². The Labute approximate surface area is 103 Å². The van der Waals surface area contributed by atoms with Gasteiger partial charge in [0.2, 0.25) is 0 Å². The van der Waals surface area contributed by atoms with Gasteiger partial charge in [-0.1, -0.05) is 0 Å². The Hall–Kier alpha value is -2.69. The second-order valence-corrected chi connectivity index (χ2v) is 3.58. The van der Waals surface area contributed by atoms with E-state index in [0.29, 0.717) is 11.3 Å². The van der Waals surface area contributed by atoms with Crippen LogP contribution < -0.4 is 5.32 Å². The quantitative estimate of drug-likeness (QED) is 0.863. The smallest absolute Gasteiger partial charge is 0.335 e. The van der Waals surface area contributed by atoms with Gasteiger partial charge in [0.05, 0.1) is 11.1 Å². The number of rotatable bonds is 3. The standard InChI is InChI=1S/C13H10N2O3/c16-12(10-2-1-7-14-8-10)15-11-5-3-9(4-6-11)13(17)18/h1-8H,(H,15,16)(H,17,18). The van der Waals surface area contributed by atoms with Crippen LogP contribution in [-0.2, 0) is 0 Å². The zero-order valence-electron chi connectivity index (χ0n) is 9.33. The first-order valence-corrected chi connectivity index (χ1v) is 5.21. The Morgan fingerprint density at radius 2 is 1.78 bits per heavy atom. The van der Waals surface area contributed by atoms with E-state index in [4.69, 9.17) is 5.11 Å². The van der Waals surface area contributed by atoms with Crippen LogP contribution in [0.25, 0.3) is 0 Å². The van der Waals surface area contributed by atoms with Gasteiger partial charge in [-0.3, -0.25) is 9.78 Å². The van der Waals surface area contributed by atoms with Crippen molar-refractivity contribution in [1.82, 2.24) is 4.98 Å². The highest BCUT2D eigenvalue weighted by atomic mass is 16.4. The van der Waals surface area contributed by atoms with Crippen LogP contribution in [0, 0.1) is 0 Å². The molecule has 0 saturated carbocycles. The van der Waals surface area contributed by atoms with Crippen LogP contribution in [0.1, 0.15) is 20.7 Å². The molecule has 90 valence electrons. The number of nitrogens with zero attached hydrogens (tertiary/aromatic N) is 1. The van der Waals surface area contributed by atoms with Crippen molar-refractivity contribution in [3.8, 4) is 0 Å². The number of carboxylic acids is 1. The number of hydrogen-bond donors (Lipinski definition) is 2. The number of aromatic nitrogens is 1. The minimum absolute atomic E-state index is 0.175. The minimum atomic E-state index is -1.000. The summed E-state index contributed by atoms with van der Waals surface area (Å²) in [5.41, 5.74) is 1.16. The van der Waals surface area contributed by atoms with Crippen LogP contribution in [0.2, 0.25) is 0 Å². The molecule has 0 aliphatic carbocycles. The third-order valence-electron chi connectivity index (χ3n) is 2.31. The molecule has 2 rings (SSSR count). The van der Waals surface area contributed by atoms with Gasteiger partial charge in [-0.05, 0) is 36.4 Å². The van der Waals surface area contributed by atoms with Crippen molar-refractivity contribution in [3.63, 3.8) is 0 Å². The van der Waals surface area contributed by atoms with Gasteiger partial charge in [0.15, 0.2) is 0 Å². The largest absolute Gasteiger partial charge is 0.478 e. The van der Waals surface area contributed by atoms with Gasteiger partial charge in [-0.2, -0.15) is 0 Å². The number of pyridine rings is 1. The van der Waals surface area contributed by atoms with Gasteiger partial charge >= 0.3 is 5.97 Å². The fraction of sp³-hybridized carbons (Fsp3) is 0. The summed E-state index contributed by atoms with van der Waals surface area (Å²) < 4.78 is 0. The van der Waals surface area contributed by atoms with Gasteiger partial charge in [0, 0.05) is 18.1 Å². The normalized spacial score (nSPS) is 9.78. The maximum atomic E-state index is 11.8. The van der Waals surface area contributed by atoms with Crippen molar-refractivity contribution in [2.75, 3.05) is 5.32 Å². The summed E-state index contributed by atoms with van der Waals surface area (Å²) >= 11 is 0. The summed E-state index contributed by atoms with van der Waals surface area (Å²) in [6, 6.07) is 9.26. The number of aromatic carboxylic acids is 1. The summed E-state index contributed by atoms with van der Waals surface area (Å²) in [7, 11) is 0. The number of benzene rings is 1. The highest BCUT2D eigenvalue weighted by molar-refractivity contribution is 6.04. The van der Waals surface area contributed by atoms with Crippen LogP contribution >= 0.6 is 0 Å². The fourth-order valence-electron chi connectivity index (χ4n) is 1.40. The second kappa shape index (κ2) is 5.09. The molecule has 0 bridgehead atoms. The lowest BCUT2D eigenvalue weighted by atomic mass is 10.2. The molecule has 5 nitrogen and oxygen atoms in total. The number of anilines is 1. The predicted molar refractivity (Wildman–Crippen MR) is 65.6 cm³/mol. The Bertz CT molecular complexity index is 565. The van der Waals surface area contributed by atoms with E-state index in [9.17, 15) is 9.59 Å². The lowest BCUT2D eigenvalue weighted by Gasteiger charge is -2.04. The van der Waals surface area contributed by atoms with E-state index < -0.39 is 5.97 Å². The molecule has 0 aliphatic heterocycles. The molecule has 0 spiro atoms. The molecule has 0 atom stereocenters. The van der Waals surface area contributed by atoms with Gasteiger partial charge in [0.25, 0.3) is 5.91 Å². The Morgan fingerprint density at radius 3 is 2.33 bits per heavy atom. The lowest BCUT2D eigenvalue weighted by Crippen LogP contribution is -2.12. The SMILES string of the molecule is O=C(O)c1ccc(NC(=O)c2cccnc2)cc1. The number of carbonyl (C=O) groups is 2. The second-order valence-electron chi connectivity index (χ2n) is 3.58. The van der Waals surface area contributed by atoms with E-state index in [0.717, 1.165) is 0 Å². The molecule has 0 radical (unpaired) electrons. The molecule has 0 aliphatic rings. The maximum Gasteiger partial charge on any atom is 0.335 e. The number of hydrogen-bond acceptors (Lipinski definition) is 3. The van der Waals surface area contributed by atoms with Crippen molar-refractivity contribution in [3.05, 3.63) is 59.9 Å². The summed E-state index contributed by atoms with van der Waals surface area (Å²) in [6.07, 6.45) is 3.04. The van der Waals surface area contributed by atoms with Crippen molar-refractivity contribution >= 4 is 17.6 Å². The first-order valence-electron chi connectivity index (χ1n) is 5.21. The number of carboxylic acid groups (broad SMARTS) is 1. The number of carbonyl (C=O) groups excluding carboxylic acids is 1. The highest BCUT2D eigenvalue weighted by Gasteiger charge is 2.06. The molecule has 1 amide bonds. The number of nitrogens with one attached hydrogen (secondary N) is 1. The van der Waals surface area contributed by atoms with E-state index in [2.05, 4.69) is 10.3 Å². The molecule has 1 aromatic carbocycles. The van der Waals surface area contributed by atoms with E-state index in [-0.39, 0.29) is 11.5 Å². The molecule has 2 aromatic rings. The molecular weight excluding hydrogens is 232 g/mol. The lowest BCUT2D eigenvalue weighted by molar-refractivity contribution is 0.0696. The zero-order chi connectivity index (χ0) is 13.0. The van der Waals surface area contributed by atoms with Crippen molar-refractivity contribution in [2.24, 2.45) is 0 Å². The Balaban J connectivity index is 2.10. The maximum absolute atomic E-state index is 11.8. The summed E-state index contributed by atoms with van der Waals surface area (Å²) in [5.74, 6) is -1.29. The third kappa shape index (κ3) is 2.70. The molecular formula is C13H10N2O3. The predicted octanol–water partition coefficient (Wildman–Crippen LogP) is 2.03. The van der Waals surface area contributed by atoms with Crippen molar-refractivity contribution < 1.29 is 14.7 Å². The first-order chi connectivity index (χ1) is 8.66. The first kappa shape index (κ1) is 11.8. The van der Waals surface area contributed by atoms with Crippen LogP contribution in [0.4, 0.5) is 5.69 Å². The zero-order valence-corrected chi connectivity index (χ0v) is 9.33. The summed E-state index contributed by atoms with van der Waals surface area (Å²) in [6.45, 7) is 0. The molecule has 0 saturated heterocycles. The minimum Gasteiger partial charge on any atom is -0.478 e. The summed E-state index contributed by atoms with van der Waals surface area (Å²) in [5, 5.41) is 11.4. The van der Waals surface area contributed by atoms with E-state index in [1.807, 2.05) is 0 Å². The van der Waals surface area contributed by atoms with Crippen LogP contribution in [0.5, 0.6) is 0 Å². The molecule has 1 heterocycles. The topological polar surface area (TPSA) is 79.3 Å². The molecule has 5 heteroatoms. The summed E-state index contributed by atoms with van der Waals surface area (Å²) in [4.78, 5) is 26.3. The van der Waals surface area contributed by atoms with Crippen molar-refractivity contribution in [2.45, 2.75) is 0 Å². The Kier molecular flexibility index (Phi) is 3.33. The van der Waals surface area contributed by atoms with E-state index in [1.54, 1.807) is 18.3 Å². The van der Waals surface area contributed by atoms with Crippen LogP contribution in [0.15, 0.2) is 48.8 Å². The average Bonchev–Trinajstić information content (AvgIpc) is 2.40. The van der Waals surface area contributed by atoms with E-state index in [1.165, 1.54) is 30.5 Å². The fourth-order valence-corrected chi connectivity index (χ4v) is 1.40. The highest BCUT2D eigenvalue weighted by Crippen LogP contribution is 2.11. The van der Waals surface area contributed by atoms with E-state index >= 15 is 0 Å². The van der Waals surface area contributed by atoms with Gasteiger partial charge in [0.1, 0.15) is 0 Å². The molecule has 18 heavy (non-hydrogen) atoms. The van der Waals surface area contributed by atoms with Crippen LogP contribution in [-0.4, -0.2) is 22.0 Å². The molecule has 2 N–H and O–H groups in total. The van der Waals surface area contributed by atoms with Gasteiger partial charge in [-0.25, -0.2) is 4.79 Å². The van der Waals surface area contributed by atoms with Crippen LogP contribution in [0.3, 0.4) is 0 Å². The average molecular weight is 242 g/mol. The molecule has 0 fully saturated rings. The number of amides is 1. The molecule has 1 aromatic heterocycles. The monoisotopic (exact) mass is 242 g/mol. The molecule has 0 unspecified atom stereocenters. The Morgan fingerprint density at radius 1 is 1.06 bits per heavy atom. The third-order valence-corrected chi connectivity index (χ3v) is 2.31. The van der Waals surface area contributed by atoms with Crippen molar-refractivity contribution in [1.29, 1.82) is 0 Å². The van der Waals surface area contributed by atoms with Gasteiger partial charge in [-0.15, -0.1) is 0 Å².